The molecule has 2 heterocycles. The van der Waals surface area contributed by atoms with Gasteiger partial charge in [0.2, 0.25) is 11.8 Å². The van der Waals surface area contributed by atoms with Crippen LogP contribution in [0.25, 0.3) is 0 Å². The van der Waals surface area contributed by atoms with Gasteiger partial charge in [-0.2, -0.15) is 0 Å². The molecule has 0 bridgehead atoms. The Morgan fingerprint density at radius 3 is 2.90 bits per heavy atom. The molecule has 2 atom stereocenters. The van der Waals surface area contributed by atoms with E-state index in [1.807, 2.05) is 6.07 Å². The van der Waals surface area contributed by atoms with Gasteiger partial charge in [0, 0.05) is 6.20 Å². The zero-order valence-electron chi connectivity index (χ0n) is 11.3. The largest absolute Gasteiger partial charge is 0.368 e. The van der Waals surface area contributed by atoms with Gasteiger partial charge in [-0.25, -0.2) is 4.98 Å². The van der Waals surface area contributed by atoms with Gasteiger partial charge in [-0.05, 0) is 37.8 Å². The Labute approximate surface area is 118 Å². The van der Waals surface area contributed by atoms with Gasteiger partial charge < -0.3 is 5.73 Å². The van der Waals surface area contributed by atoms with Crippen LogP contribution in [-0.4, -0.2) is 22.8 Å². The monoisotopic (exact) mass is 272 g/mol. The first-order valence-electron chi connectivity index (χ1n) is 7.00. The van der Waals surface area contributed by atoms with Crippen LogP contribution in [0.15, 0.2) is 24.4 Å². The van der Waals surface area contributed by atoms with Crippen molar-refractivity contribution in [3.63, 3.8) is 0 Å². The first-order chi connectivity index (χ1) is 9.64. The number of amides is 2. The molecule has 1 spiro atoms. The average molecular weight is 272 g/mol. The van der Waals surface area contributed by atoms with E-state index in [9.17, 15) is 9.59 Å². The molecule has 2 fully saturated rings. The van der Waals surface area contributed by atoms with Gasteiger partial charge in [0.05, 0.1) is 5.41 Å². The molecule has 1 aromatic heterocycles. The zero-order valence-corrected chi connectivity index (χ0v) is 11.3. The number of hydrogen-bond acceptors (Lipinski definition) is 3. The van der Waals surface area contributed by atoms with Crippen molar-refractivity contribution in [3.05, 3.63) is 30.8 Å². The highest BCUT2D eigenvalue weighted by atomic mass is 16.2. The Balaban J connectivity index is 1.98. The Morgan fingerprint density at radius 1 is 1.45 bits per heavy atom. The van der Waals surface area contributed by atoms with Gasteiger partial charge in [0.25, 0.3) is 0 Å². The van der Waals surface area contributed by atoms with Gasteiger partial charge in [0.1, 0.15) is 11.9 Å². The maximum atomic E-state index is 12.9. The third kappa shape index (κ3) is 1.97. The van der Waals surface area contributed by atoms with Crippen LogP contribution in [0, 0.1) is 11.8 Å². The average Bonchev–Trinajstić information content (AvgIpc) is 2.74. The maximum absolute atomic E-state index is 12.9. The van der Waals surface area contributed by atoms with Crippen molar-refractivity contribution >= 4 is 17.6 Å². The van der Waals surface area contributed by atoms with Crippen LogP contribution in [0.5, 0.6) is 0 Å². The van der Waals surface area contributed by atoms with E-state index in [2.05, 4.69) is 11.4 Å². The molecular weight excluding hydrogens is 254 g/mol. The molecule has 1 aliphatic heterocycles. The highest BCUT2D eigenvalue weighted by molar-refractivity contribution is 6.06. The molecule has 1 saturated carbocycles. The van der Waals surface area contributed by atoms with E-state index in [1.54, 1.807) is 18.3 Å². The lowest BCUT2D eigenvalue weighted by molar-refractivity contribution is -0.126. The second kappa shape index (κ2) is 4.89. The first kappa shape index (κ1) is 13.1. The fourth-order valence-corrected chi connectivity index (χ4v) is 3.38. The number of anilines is 1. The second-order valence-corrected chi connectivity index (χ2v) is 5.65. The van der Waals surface area contributed by atoms with Gasteiger partial charge in [-0.1, -0.05) is 18.9 Å². The minimum absolute atomic E-state index is 0.00375. The Bertz CT molecular complexity index is 523. The number of nitrogens with zero attached hydrogens (tertiary/aromatic N) is 2. The fourth-order valence-electron chi connectivity index (χ4n) is 3.38. The van der Waals surface area contributed by atoms with Crippen LogP contribution in [0.1, 0.15) is 32.1 Å². The molecule has 1 radical (unpaired) electrons. The lowest BCUT2D eigenvalue weighted by Gasteiger charge is -2.30. The number of carbonyl (C=O) groups excluding carboxylic acids is 2. The number of aromatic nitrogens is 1. The molecule has 5 heteroatoms. The summed E-state index contributed by atoms with van der Waals surface area (Å²) in [6.07, 6.45) is 7.88. The smallest absolute Gasteiger partial charge is 0.240 e. The molecule has 1 saturated heterocycles. The molecule has 2 unspecified atom stereocenters. The van der Waals surface area contributed by atoms with Crippen LogP contribution >= 0.6 is 0 Å². The lowest BCUT2D eigenvalue weighted by atomic mass is 9.72. The predicted molar refractivity (Wildman–Crippen MR) is 74.5 cm³/mol. The topological polar surface area (TPSA) is 76.3 Å². The van der Waals surface area contributed by atoms with Crippen LogP contribution in [0.3, 0.4) is 0 Å². The summed E-state index contributed by atoms with van der Waals surface area (Å²) in [5.74, 6) is 0.0613. The summed E-state index contributed by atoms with van der Waals surface area (Å²) in [5.41, 5.74) is 5.06. The van der Waals surface area contributed by atoms with Crippen molar-refractivity contribution in [1.29, 1.82) is 0 Å². The highest BCUT2D eigenvalue weighted by Gasteiger charge is 2.54. The molecule has 0 aromatic carbocycles. The van der Waals surface area contributed by atoms with Crippen molar-refractivity contribution in [2.45, 2.75) is 38.1 Å². The molecular formula is C15H18N3O2. The van der Waals surface area contributed by atoms with E-state index in [4.69, 9.17) is 5.73 Å². The summed E-state index contributed by atoms with van der Waals surface area (Å²) in [7, 11) is 0. The van der Waals surface area contributed by atoms with Crippen LogP contribution in [0.4, 0.5) is 5.82 Å². The number of rotatable bonds is 2. The van der Waals surface area contributed by atoms with E-state index in [0.717, 1.165) is 25.7 Å². The molecule has 2 aliphatic rings. The van der Waals surface area contributed by atoms with E-state index in [-0.39, 0.29) is 5.91 Å². The number of hydrogen-bond donors (Lipinski definition) is 1. The number of primary amides is 1. The number of pyridine rings is 1. The summed E-state index contributed by atoms with van der Waals surface area (Å²) >= 11 is 0. The maximum Gasteiger partial charge on any atom is 0.240 e. The molecule has 2 N–H and O–H groups in total. The summed E-state index contributed by atoms with van der Waals surface area (Å²) < 4.78 is 0. The van der Waals surface area contributed by atoms with Crippen molar-refractivity contribution < 1.29 is 9.59 Å². The Morgan fingerprint density at radius 2 is 2.30 bits per heavy atom. The Hall–Kier alpha value is -1.91. The van der Waals surface area contributed by atoms with Crippen molar-refractivity contribution in [2.75, 3.05) is 4.90 Å². The van der Waals surface area contributed by atoms with Gasteiger partial charge in [-0.15, -0.1) is 0 Å². The normalized spacial score (nSPS) is 25.1. The van der Waals surface area contributed by atoms with E-state index >= 15 is 0 Å². The van der Waals surface area contributed by atoms with Gasteiger partial charge in [-0.3, -0.25) is 14.5 Å². The van der Waals surface area contributed by atoms with Crippen molar-refractivity contribution in [3.8, 4) is 0 Å². The fraction of sp³-hybridized carbons (Fsp3) is 0.467. The van der Waals surface area contributed by atoms with Crippen molar-refractivity contribution in [1.82, 2.24) is 4.98 Å². The second-order valence-electron chi connectivity index (χ2n) is 5.65. The minimum atomic E-state index is -0.580. The zero-order chi connectivity index (χ0) is 14.2. The van der Waals surface area contributed by atoms with Crippen LogP contribution in [-0.2, 0) is 9.59 Å². The standard InChI is InChI=1S/C15H18N3O2/c16-13(19)11-10-15(7-3-1-4-8-15)14(20)18(11)12-6-2-5-9-17-12/h2-3,5-6,9,11H,1,4,7-8,10H2,(H2,16,19). The molecule has 2 amide bonds. The van der Waals surface area contributed by atoms with Crippen molar-refractivity contribution in [2.24, 2.45) is 11.1 Å². The Kier molecular flexibility index (Phi) is 3.20. The van der Waals surface area contributed by atoms with E-state index in [0.29, 0.717) is 12.2 Å². The van der Waals surface area contributed by atoms with E-state index < -0.39 is 17.4 Å². The van der Waals surface area contributed by atoms with Crippen LogP contribution in [0.2, 0.25) is 0 Å². The molecule has 1 aliphatic carbocycles. The predicted octanol–water partition coefficient (Wildman–Crippen LogP) is 1.44. The van der Waals surface area contributed by atoms with Crippen LogP contribution < -0.4 is 10.6 Å². The van der Waals surface area contributed by atoms with Gasteiger partial charge >= 0.3 is 0 Å². The summed E-state index contributed by atoms with van der Waals surface area (Å²) in [6.45, 7) is 0. The minimum Gasteiger partial charge on any atom is -0.368 e. The molecule has 1 aromatic rings. The summed E-state index contributed by atoms with van der Waals surface area (Å²) in [4.78, 5) is 30.3. The first-order valence-corrected chi connectivity index (χ1v) is 7.00. The van der Waals surface area contributed by atoms with E-state index in [1.165, 1.54) is 4.90 Å². The molecule has 20 heavy (non-hydrogen) atoms. The number of nitrogens with two attached hydrogens (primary N) is 1. The quantitative estimate of drug-likeness (QED) is 0.885. The molecule has 3 rings (SSSR count). The molecule has 5 nitrogen and oxygen atoms in total. The number of carbonyl (C=O) groups is 2. The lowest BCUT2D eigenvalue weighted by Crippen LogP contribution is -2.43. The van der Waals surface area contributed by atoms with Gasteiger partial charge in [0.15, 0.2) is 0 Å². The summed E-state index contributed by atoms with van der Waals surface area (Å²) in [5, 5.41) is 0. The third-order valence-corrected chi connectivity index (χ3v) is 4.39. The SMILES string of the molecule is NC(=O)C1CC2(C[CH]CCC2)C(=O)N1c1ccccn1. The molecule has 105 valence electrons. The highest BCUT2D eigenvalue weighted by Crippen LogP contribution is 2.47. The summed E-state index contributed by atoms with van der Waals surface area (Å²) in [6, 6.07) is 4.77. The third-order valence-electron chi connectivity index (χ3n) is 4.39.